The molecule has 2 fully saturated rings. The molecule has 3 aromatic carbocycles. The van der Waals surface area contributed by atoms with Crippen molar-refractivity contribution in [3.05, 3.63) is 65.9 Å². The van der Waals surface area contributed by atoms with Crippen LogP contribution in [-0.4, -0.2) is 107 Å². The summed E-state index contributed by atoms with van der Waals surface area (Å²) in [5.74, 6) is 2.01. The molecule has 5 unspecified atom stereocenters. The van der Waals surface area contributed by atoms with Crippen molar-refractivity contribution in [3.63, 3.8) is 0 Å². The zero-order valence-corrected chi connectivity index (χ0v) is 37.9. The molecule has 2 saturated heterocycles. The second kappa shape index (κ2) is 18.5. The highest BCUT2D eigenvalue weighted by Gasteiger charge is 2.43. The number of rotatable bonds is 13. The fourth-order valence-corrected chi connectivity index (χ4v) is 9.72. The van der Waals surface area contributed by atoms with Crippen LogP contribution >= 0.6 is 0 Å². The van der Waals surface area contributed by atoms with E-state index in [4.69, 9.17) is 28.9 Å². The second-order valence-corrected chi connectivity index (χ2v) is 17.9. The van der Waals surface area contributed by atoms with E-state index in [9.17, 15) is 19.2 Å². The summed E-state index contributed by atoms with van der Waals surface area (Å²) >= 11 is 0. The lowest BCUT2D eigenvalue weighted by Gasteiger charge is -2.30. The minimum absolute atomic E-state index is 0.0791. The minimum atomic E-state index is -0.748. The Morgan fingerprint density at radius 1 is 0.828 bits per heavy atom. The van der Waals surface area contributed by atoms with E-state index in [2.05, 4.69) is 63.9 Å². The van der Waals surface area contributed by atoms with Crippen LogP contribution in [0.15, 0.2) is 48.7 Å². The highest BCUT2D eigenvalue weighted by Crippen LogP contribution is 2.44. The van der Waals surface area contributed by atoms with E-state index in [1.807, 2.05) is 49.8 Å². The number of amides is 4. The first kappa shape index (κ1) is 44.4. The summed E-state index contributed by atoms with van der Waals surface area (Å²) in [6.07, 6.45) is 3.38. The highest BCUT2D eigenvalue weighted by atomic mass is 16.5. The standard InChI is InChI=1S/C48H60N8O8/c1-9-26(4)40(53-47(59)62-7)45(57)55-21-25(3)15-37(55)43-49-20-36(51-43)30-11-13-32-31(17-30)24-64-39-19-33-29(18-34(32)39)12-14-35-42(33)52-44(50-35)38-16-28(23-61-6)22-56(38)46(58)41(27(5)10-2)54-48(60)63-8/h11-14,17-20,25-28,37-38,40-41H,9-10,15-16,21-24H2,1-8H3,(H,49,51)(H,50,52)(H,53,59)(H,54,60)/t25-,26?,27?,28?,37?,38-,40-,41?/m0/s1. The second-order valence-electron chi connectivity index (χ2n) is 17.9. The number of nitrogens with zero attached hydrogens (tertiary/aromatic N) is 4. The number of alkyl carbamates (subject to hydrolysis) is 2. The normalized spacial score (nSPS) is 21.1. The van der Waals surface area contributed by atoms with E-state index >= 15 is 0 Å². The topological polar surface area (TPSA) is 193 Å². The van der Waals surface area contributed by atoms with E-state index < -0.39 is 24.3 Å². The maximum atomic E-state index is 14.2. The largest absolute Gasteiger partial charge is 0.488 e. The average molecular weight is 877 g/mol. The number of imidazole rings is 2. The first-order valence-corrected chi connectivity index (χ1v) is 22.4. The third-order valence-corrected chi connectivity index (χ3v) is 13.7. The Bertz CT molecular complexity index is 2550. The van der Waals surface area contributed by atoms with E-state index in [1.165, 1.54) is 14.2 Å². The molecule has 0 aliphatic carbocycles. The molecule has 5 heterocycles. The van der Waals surface area contributed by atoms with Crippen molar-refractivity contribution in [2.24, 2.45) is 23.7 Å². The molecule has 8 rings (SSSR count). The van der Waals surface area contributed by atoms with Gasteiger partial charge in [-0.1, -0.05) is 65.7 Å². The molecule has 4 N–H and O–H groups in total. The lowest BCUT2D eigenvalue weighted by Crippen LogP contribution is -2.51. The molecule has 0 bridgehead atoms. The molecular formula is C48H60N8O8. The molecular weight excluding hydrogens is 817 g/mol. The third-order valence-electron chi connectivity index (χ3n) is 13.7. The quantitative estimate of drug-likeness (QED) is 0.0913. The van der Waals surface area contributed by atoms with Crippen molar-refractivity contribution in [2.45, 2.75) is 91.1 Å². The Hall–Kier alpha value is -6.16. The van der Waals surface area contributed by atoms with Gasteiger partial charge in [0.2, 0.25) is 11.8 Å². The van der Waals surface area contributed by atoms with Gasteiger partial charge in [-0.2, -0.15) is 0 Å². The summed E-state index contributed by atoms with van der Waals surface area (Å²) in [5, 5.41) is 7.53. The fourth-order valence-electron chi connectivity index (χ4n) is 9.72. The Kier molecular flexibility index (Phi) is 12.9. The molecule has 64 heavy (non-hydrogen) atoms. The molecule has 340 valence electrons. The molecule has 0 radical (unpaired) electrons. The van der Waals surface area contributed by atoms with Gasteiger partial charge in [0.15, 0.2) is 0 Å². The van der Waals surface area contributed by atoms with Gasteiger partial charge in [-0.25, -0.2) is 19.6 Å². The monoisotopic (exact) mass is 876 g/mol. The highest BCUT2D eigenvalue weighted by molar-refractivity contribution is 6.07. The van der Waals surface area contributed by atoms with Crippen molar-refractivity contribution < 1.29 is 38.1 Å². The van der Waals surface area contributed by atoms with E-state index in [1.54, 1.807) is 7.11 Å². The van der Waals surface area contributed by atoms with Crippen LogP contribution in [0.1, 0.15) is 89.6 Å². The van der Waals surface area contributed by atoms with Crippen LogP contribution in [0, 0.1) is 23.7 Å². The van der Waals surface area contributed by atoms with Gasteiger partial charge in [-0.3, -0.25) is 9.59 Å². The number of aromatic nitrogens is 4. The van der Waals surface area contributed by atoms with Crippen LogP contribution in [0.2, 0.25) is 0 Å². The first-order valence-electron chi connectivity index (χ1n) is 22.4. The summed E-state index contributed by atoms with van der Waals surface area (Å²) in [4.78, 5) is 73.4. The van der Waals surface area contributed by atoms with Crippen LogP contribution in [0.3, 0.4) is 0 Å². The van der Waals surface area contributed by atoms with E-state index in [-0.39, 0.29) is 47.6 Å². The molecule has 0 saturated carbocycles. The lowest BCUT2D eigenvalue weighted by atomic mass is 9.92. The number of aromatic amines is 2. The van der Waals surface area contributed by atoms with Crippen LogP contribution in [-0.2, 0) is 30.4 Å². The lowest BCUT2D eigenvalue weighted by molar-refractivity contribution is -0.136. The smallest absolute Gasteiger partial charge is 0.407 e. The number of nitrogens with one attached hydrogen (secondary N) is 4. The molecule has 3 aliphatic rings. The van der Waals surface area contributed by atoms with Gasteiger partial charge in [0.1, 0.15) is 36.1 Å². The van der Waals surface area contributed by atoms with Crippen LogP contribution in [0.25, 0.3) is 44.2 Å². The number of hydrogen-bond acceptors (Lipinski definition) is 10. The number of H-pyrrole nitrogens is 2. The third kappa shape index (κ3) is 8.47. The summed E-state index contributed by atoms with van der Waals surface area (Å²) in [6, 6.07) is 12.6. The average Bonchev–Trinajstić information content (AvgIpc) is 4.14. The zero-order valence-electron chi connectivity index (χ0n) is 37.9. The summed E-state index contributed by atoms with van der Waals surface area (Å²) in [5.41, 5.74) is 6.53. The van der Waals surface area contributed by atoms with Gasteiger partial charge in [0.05, 0.1) is 55.8 Å². The minimum Gasteiger partial charge on any atom is -0.488 e. The van der Waals surface area contributed by atoms with E-state index in [0.29, 0.717) is 50.8 Å². The van der Waals surface area contributed by atoms with Crippen molar-refractivity contribution in [3.8, 4) is 28.1 Å². The number of likely N-dealkylation sites (tertiary alicyclic amines) is 2. The number of fused-ring (bicyclic) bond motifs is 6. The molecule has 16 heteroatoms. The number of carbonyl (C=O) groups is 4. The fraction of sp³-hybridized carbons (Fsp3) is 0.500. The molecule has 0 spiro atoms. The molecule has 5 aromatic rings. The number of benzene rings is 3. The van der Waals surface area contributed by atoms with E-state index in [0.717, 1.165) is 68.3 Å². The number of hydrogen-bond donors (Lipinski definition) is 4. The SMILES string of the molecule is CCC(C)C(NC(=O)OC)C(=O)N1CC(COC)C[C@H]1c1nc2ccc3cc4c(cc3c2[nH]1)OCc1cc(-c2cnc(C3C[C@H](C)CN3C(=O)[C@@H](NC(=O)OC)C(C)CC)[nH]2)ccc1-4. The molecule has 4 amide bonds. The van der Waals surface area contributed by atoms with Gasteiger partial charge < -0.3 is 49.3 Å². The maximum absolute atomic E-state index is 14.2. The van der Waals surface area contributed by atoms with Crippen LogP contribution in [0.4, 0.5) is 9.59 Å². The van der Waals surface area contributed by atoms with Crippen LogP contribution in [0.5, 0.6) is 5.75 Å². The van der Waals surface area contributed by atoms with Gasteiger partial charge in [0, 0.05) is 37.1 Å². The molecule has 16 nitrogen and oxygen atoms in total. The molecule has 8 atom stereocenters. The Morgan fingerprint density at radius 3 is 2.16 bits per heavy atom. The predicted molar refractivity (Wildman–Crippen MR) is 241 cm³/mol. The molecule has 2 aromatic heterocycles. The Balaban J connectivity index is 1.05. The van der Waals surface area contributed by atoms with Crippen molar-refractivity contribution in [1.29, 1.82) is 0 Å². The zero-order chi connectivity index (χ0) is 45.4. The van der Waals surface area contributed by atoms with Gasteiger partial charge in [0.25, 0.3) is 0 Å². The Morgan fingerprint density at radius 2 is 1.50 bits per heavy atom. The van der Waals surface area contributed by atoms with Gasteiger partial charge >= 0.3 is 12.2 Å². The summed E-state index contributed by atoms with van der Waals surface area (Å²) < 4.78 is 21.7. The predicted octanol–water partition coefficient (Wildman–Crippen LogP) is 7.65. The maximum Gasteiger partial charge on any atom is 0.407 e. The number of carbonyl (C=O) groups excluding carboxylic acids is 4. The first-order chi connectivity index (χ1) is 30.8. The van der Waals surface area contributed by atoms with Crippen LogP contribution < -0.4 is 15.4 Å². The number of methoxy groups -OCH3 is 3. The number of ether oxygens (including phenoxy) is 4. The Labute approximate surface area is 373 Å². The summed E-state index contributed by atoms with van der Waals surface area (Å²) in [6.45, 7) is 11.9. The van der Waals surface area contributed by atoms with Crippen molar-refractivity contribution >= 4 is 45.8 Å². The summed E-state index contributed by atoms with van der Waals surface area (Å²) in [7, 11) is 4.26. The molecule has 3 aliphatic heterocycles. The van der Waals surface area contributed by atoms with Gasteiger partial charge in [-0.15, -0.1) is 0 Å². The van der Waals surface area contributed by atoms with Crippen molar-refractivity contribution in [1.82, 2.24) is 40.4 Å². The van der Waals surface area contributed by atoms with Gasteiger partial charge in [-0.05, 0) is 76.9 Å². The van der Waals surface area contributed by atoms with Crippen molar-refractivity contribution in [2.75, 3.05) is 41.0 Å².